The number of allylic oxidation sites excluding steroid dienone is 1. The van der Waals surface area contributed by atoms with Crippen LogP contribution in [0.5, 0.6) is 5.75 Å². The van der Waals surface area contributed by atoms with Gasteiger partial charge in [-0.25, -0.2) is 9.79 Å². The lowest BCUT2D eigenvalue weighted by molar-refractivity contribution is -0.139. The second kappa shape index (κ2) is 10.4. The standard InChI is InChI=1S/C27H30N4O5S/c1-5-35-26(33)23-17(2)28-27-31(24(23)18-6-8-19(34-4)9-7-18)25(32)21(37-27)16-20-10-11-22(36-20)30-14-12-29(3)13-15-30/h6-11,16,24H,5,12-15H2,1-4H3/t24-/m0/s1. The highest BCUT2D eigenvalue weighted by molar-refractivity contribution is 7.07. The molecule has 0 saturated carbocycles. The third-order valence-electron chi connectivity index (χ3n) is 6.65. The average Bonchev–Trinajstić information content (AvgIpc) is 3.48. The molecule has 9 nitrogen and oxygen atoms in total. The molecule has 2 aromatic heterocycles. The number of ether oxygens (including phenoxy) is 2. The molecular weight excluding hydrogens is 492 g/mol. The Balaban J connectivity index is 1.57. The Hall–Kier alpha value is -3.63. The number of esters is 1. The van der Waals surface area contributed by atoms with Gasteiger partial charge in [0.25, 0.3) is 5.56 Å². The highest BCUT2D eigenvalue weighted by Gasteiger charge is 2.33. The van der Waals surface area contributed by atoms with Crippen molar-refractivity contribution >= 4 is 29.3 Å². The maximum atomic E-state index is 13.7. The molecule has 0 amide bonds. The highest BCUT2D eigenvalue weighted by atomic mass is 32.1. The molecule has 2 aliphatic heterocycles. The number of fused-ring (bicyclic) bond motifs is 1. The minimum atomic E-state index is -0.666. The molecule has 0 N–H and O–H groups in total. The monoisotopic (exact) mass is 522 g/mol. The molecule has 37 heavy (non-hydrogen) atoms. The van der Waals surface area contributed by atoms with Crippen LogP contribution in [0.1, 0.15) is 31.2 Å². The molecule has 1 fully saturated rings. The molecule has 0 radical (unpaired) electrons. The third kappa shape index (κ3) is 4.86. The second-order valence-corrected chi connectivity index (χ2v) is 10.1. The first-order valence-electron chi connectivity index (χ1n) is 12.3. The molecule has 194 valence electrons. The zero-order valence-electron chi connectivity index (χ0n) is 21.4. The lowest BCUT2D eigenvalue weighted by Gasteiger charge is -2.32. The van der Waals surface area contributed by atoms with Gasteiger partial charge in [-0.15, -0.1) is 0 Å². The summed E-state index contributed by atoms with van der Waals surface area (Å²) in [5.74, 6) is 1.59. The third-order valence-corrected chi connectivity index (χ3v) is 7.63. The van der Waals surface area contributed by atoms with Gasteiger partial charge >= 0.3 is 5.97 Å². The Labute approximate surface area is 218 Å². The van der Waals surface area contributed by atoms with E-state index in [1.165, 1.54) is 11.3 Å². The number of piperazine rings is 1. The first kappa shape index (κ1) is 25.0. The van der Waals surface area contributed by atoms with Crippen molar-refractivity contribution in [3.8, 4) is 5.75 Å². The number of thiazole rings is 1. The van der Waals surface area contributed by atoms with Crippen LogP contribution in [-0.4, -0.2) is 62.4 Å². The number of anilines is 1. The summed E-state index contributed by atoms with van der Waals surface area (Å²) in [6, 6.07) is 10.5. The van der Waals surface area contributed by atoms with Crippen LogP contribution >= 0.6 is 11.3 Å². The quantitative estimate of drug-likeness (QED) is 0.459. The number of rotatable bonds is 6. The first-order chi connectivity index (χ1) is 17.9. The average molecular weight is 523 g/mol. The van der Waals surface area contributed by atoms with E-state index in [0.717, 1.165) is 37.6 Å². The van der Waals surface area contributed by atoms with Gasteiger partial charge in [0.05, 0.1) is 35.6 Å². The van der Waals surface area contributed by atoms with Gasteiger partial charge in [0.1, 0.15) is 11.5 Å². The van der Waals surface area contributed by atoms with Gasteiger partial charge in [0, 0.05) is 38.3 Å². The Morgan fingerprint density at radius 3 is 2.57 bits per heavy atom. The molecule has 1 atom stereocenters. The lowest BCUT2D eigenvalue weighted by atomic mass is 9.96. The molecule has 2 aliphatic rings. The lowest BCUT2D eigenvalue weighted by Crippen LogP contribution is -2.44. The summed E-state index contributed by atoms with van der Waals surface area (Å²) in [6.45, 7) is 7.49. The molecular formula is C27H30N4O5S. The molecule has 0 unspecified atom stereocenters. The normalized spacial score (nSPS) is 18.5. The van der Waals surface area contributed by atoms with Crippen molar-refractivity contribution in [3.05, 3.63) is 78.7 Å². The van der Waals surface area contributed by atoms with Crippen LogP contribution in [0, 0.1) is 0 Å². The molecule has 5 rings (SSSR count). The van der Waals surface area contributed by atoms with Gasteiger partial charge in [-0.1, -0.05) is 23.5 Å². The fourth-order valence-corrected chi connectivity index (χ4v) is 5.67. The van der Waals surface area contributed by atoms with E-state index >= 15 is 0 Å². The van der Waals surface area contributed by atoms with Crippen molar-refractivity contribution in [2.45, 2.75) is 19.9 Å². The minimum Gasteiger partial charge on any atom is -0.497 e. The molecule has 0 bridgehead atoms. The molecule has 0 aliphatic carbocycles. The number of carbonyl (C=O) groups excluding carboxylic acids is 1. The highest BCUT2D eigenvalue weighted by Crippen LogP contribution is 2.31. The summed E-state index contributed by atoms with van der Waals surface area (Å²) < 4.78 is 18.8. The van der Waals surface area contributed by atoms with Crippen molar-refractivity contribution in [1.82, 2.24) is 9.47 Å². The Bertz CT molecular complexity index is 1510. The summed E-state index contributed by atoms with van der Waals surface area (Å²) in [7, 11) is 3.70. The van der Waals surface area contributed by atoms with E-state index in [9.17, 15) is 9.59 Å². The van der Waals surface area contributed by atoms with E-state index in [-0.39, 0.29) is 12.2 Å². The van der Waals surface area contributed by atoms with Crippen molar-refractivity contribution in [1.29, 1.82) is 0 Å². The Morgan fingerprint density at radius 1 is 1.16 bits per heavy atom. The topological polar surface area (TPSA) is 89.5 Å². The van der Waals surface area contributed by atoms with Gasteiger partial charge in [-0.05, 0) is 44.7 Å². The van der Waals surface area contributed by atoms with Gasteiger partial charge < -0.3 is 23.7 Å². The van der Waals surface area contributed by atoms with Gasteiger partial charge in [-0.3, -0.25) is 9.36 Å². The molecule has 10 heteroatoms. The summed E-state index contributed by atoms with van der Waals surface area (Å²) in [5, 5.41) is 0. The summed E-state index contributed by atoms with van der Waals surface area (Å²) in [5.41, 5.74) is 1.40. The van der Waals surface area contributed by atoms with E-state index in [4.69, 9.17) is 13.9 Å². The number of likely N-dealkylation sites (N-methyl/N-ethyl adjacent to an activating group) is 1. The fourth-order valence-electron chi connectivity index (χ4n) is 4.64. The summed E-state index contributed by atoms with van der Waals surface area (Å²) >= 11 is 1.28. The fraction of sp³-hybridized carbons (Fsp3) is 0.370. The number of furan rings is 1. The van der Waals surface area contributed by atoms with Crippen LogP contribution in [0.2, 0.25) is 0 Å². The Morgan fingerprint density at radius 2 is 1.89 bits per heavy atom. The van der Waals surface area contributed by atoms with Crippen LogP contribution in [0.4, 0.5) is 5.88 Å². The summed E-state index contributed by atoms with van der Waals surface area (Å²) in [4.78, 5) is 36.4. The van der Waals surface area contributed by atoms with E-state index < -0.39 is 12.0 Å². The van der Waals surface area contributed by atoms with Crippen LogP contribution in [0.3, 0.4) is 0 Å². The van der Waals surface area contributed by atoms with E-state index in [0.29, 0.717) is 32.1 Å². The number of hydrogen-bond donors (Lipinski definition) is 0. The maximum absolute atomic E-state index is 13.7. The van der Waals surface area contributed by atoms with E-state index in [2.05, 4.69) is 21.8 Å². The predicted molar refractivity (Wildman–Crippen MR) is 142 cm³/mol. The maximum Gasteiger partial charge on any atom is 0.338 e. The van der Waals surface area contributed by atoms with Crippen molar-refractivity contribution in [2.24, 2.45) is 4.99 Å². The second-order valence-electron chi connectivity index (χ2n) is 9.04. The Kier molecular flexibility index (Phi) is 7.03. The van der Waals surface area contributed by atoms with Gasteiger partial charge in [-0.2, -0.15) is 0 Å². The zero-order chi connectivity index (χ0) is 26.1. The van der Waals surface area contributed by atoms with E-state index in [1.807, 2.05) is 36.4 Å². The van der Waals surface area contributed by atoms with E-state index in [1.54, 1.807) is 31.6 Å². The predicted octanol–water partition coefficient (Wildman–Crippen LogP) is 2.15. The molecule has 3 aromatic rings. The van der Waals surface area contributed by atoms with Crippen LogP contribution in [0.15, 0.2) is 61.9 Å². The smallest absolute Gasteiger partial charge is 0.338 e. The van der Waals surface area contributed by atoms with Crippen molar-refractivity contribution in [2.75, 3.05) is 51.8 Å². The van der Waals surface area contributed by atoms with Gasteiger partial charge in [0.2, 0.25) is 0 Å². The van der Waals surface area contributed by atoms with Crippen LogP contribution < -0.4 is 24.5 Å². The van der Waals surface area contributed by atoms with Crippen LogP contribution in [-0.2, 0) is 9.53 Å². The van der Waals surface area contributed by atoms with Crippen molar-refractivity contribution in [3.63, 3.8) is 0 Å². The molecule has 1 saturated heterocycles. The molecule has 0 spiro atoms. The molecule has 1 aromatic carbocycles. The molecule has 4 heterocycles. The number of aromatic nitrogens is 1. The van der Waals surface area contributed by atoms with Crippen molar-refractivity contribution < 1.29 is 18.7 Å². The number of benzene rings is 1. The van der Waals surface area contributed by atoms with Crippen LogP contribution in [0.25, 0.3) is 6.08 Å². The number of hydrogen-bond acceptors (Lipinski definition) is 9. The summed E-state index contributed by atoms with van der Waals surface area (Å²) in [6.07, 6.45) is 1.75. The SMILES string of the molecule is CCOC(=O)C1=C(C)N=c2sc(=Cc3ccc(N4CCN(C)CC4)o3)c(=O)n2[C@H]1c1ccc(OC)cc1. The zero-order valence-corrected chi connectivity index (χ0v) is 22.2. The number of nitrogens with zero attached hydrogens (tertiary/aromatic N) is 4. The largest absolute Gasteiger partial charge is 0.497 e. The number of carbonyl (C=O) groups is 1. The van der Waals surface area contributed by atoms with Gasteiger partial charge in [0.15, 0.2) is 10.7 Å². The number of methoxy groups -OCH3 is 1. The minimum absolute atomic E-state index is 0.226. The first-order valence-corrected chi connectivity index (χ1v) is 13.1.